The number of anilines is 1. The van der Waals surface area contributed by atoms with E-state index in [0.29, 0.717) is 22.9 Å². The maximum atomic E-state index is 14.7. The lowest BCUT2D eigenvalue weighted by Gasteiger charge is -2.35. The van der Waals surface area contributed by atoms with Crippen LogP contribution in [0, 0.1) is 5.82 Å². The van der Waals surface area contributed by atoms with Crippen LogP contribution >= 0.6 is 11.6 Å². The Morgan fingerprint density at radius 1 is 0.840 bits per heavy atom. The molecule has 1 aliphatic heterocycles. The molecule has 1 fully saturated rings. The van der Waals surface area contributed by atoms with Gasteiger partial charge in [-0.3, -0.25) is 13.9 Å². The SMILES string of the molecule is O=C(NC1CCCCC1)C(Cc1ccccc1)N(Cc1cccc(Cl)c1)C(=O)CN(c1ccc(F)cc1)S(=O)(=O)c1ccc2c(c1)OCCO2. The van der Waals surface area contributed by atoms with Crippen LogP contribution in [0.2, 0.25) is 5.02 Å². The summed E-state index contributed by atoms with van der Waals surface area (Å²) in [6.45, 7) is -0.113. The highest BCUT2D eigenvalue weighted by Gasteiger charge is 2.36. The van der Waals surface area contributed by atoms with Crippen molar-refractivity contribution in [2.45, 2.75) is 62.0 Å². The van der Waals surface area contributed by atoms with Crippen molar-refractivity contribution in [1.29, 1.82) is 0 Å². The van der Waals surface area contributed by atoms with Gasteiger partial charge in [-0.15, -0.1) is 0 Å². The van der Waals surface area contributed by atoms with Crippen LogP contribution in [0.4, 0.5) is 10.1 Å². The first-order chi connectivity index (χ1) is 24.2. The Morgan fingerprint density at radius 3 is 2.26 bits per heavy atom. The van der Waals surface area contributed by atoms with Crippen molar-refractivity contribution < 1.29 is 31.9 Å². The van der Waals surface area contributed by atoms with Gasteiger partial charge in [0.15, 0.2) is 11.5 Å². The maximum absolute atomic E-state index is 14.7. The molecule has 0 bridgehead atoms. The first-order valence-electron chi connectivity index (χ1n) is 16.7. The molecule has 0 aromatic heterocycles. The number of benzene rings is 4. The van der Waals surface area contributed by atoms with Gasteiger partial charge in [-0.1, -0.05) is 73.3 Å². The van der Waals surface area contributed by atoms with E-state index in [4.69, 9.17) is 21.1 Å². The van der Waals surface area contributed by atoms with E-state index in [0.717, 1.165) is 54.1 Å². The Morgan fingerprint density at radius 2 is 1.54 bits per heavy atom. The standard InChI is InChI=1S/C38H39ClFN3O6S/c39-29-11-7-10-28(22-29)25-42(34(23-27-8-3-1-4-9-27)38(45)41-31-12-5-2-6-13-31)37(44)26-43(32-16-14-30(40)15-17-32)50(46,47)33-18-19-35-36(24-33)49-21-20-48-35/h1,3-4,7-11,14-19,22,24,31,34H,2,5-6,12-13,20-21,23,25-26H2,(H,41,45). The van der Waals surface area contributed by atoms with Gasteiger partial charge in [0.1, 0.15) is 31.6 Å². The van der Waals surface area contributed by atoms with Crippen LogP contribution in [-0.4, -0.2) is 57.0 Å². The molecule has 2 aliphatic rings. The Bertz CT molecular complexity index is 1910. The summed E-state index contributed by atoms with van der Waals surface area (Å²) in [6, 6.07) is 24.5. The zero-order valence-corrected chi connectivity index (χ0v) is 29.0. The van der Waals surface area contributed by atoms with E-state index in [2.05, 4.69) is 5.32 Å². The summed E-state index contributed by atoms with van der Waals surface area (Å²) < 4.78 is 55.0. The molecule has 0 radical (unpaired) electrons. The van der Waals surface area contributed by atoms with E-state index < -0.39 is 34.3 Å². The van der Waals surface area contributed by atoms with E-state index in [1.807, 2.05) is 30.3 Å². The van der Waals surface area contributed by atoms with Crippen molar-refractivity contribution in [3.05, 3.63) is 119 Å². The Hall–Kier alpha value is -4.61. The van der Waals surface area contributed by atoms with Gasteiger partial charge in [0.2, 0.25) is 11.8 Å². The molecular weight excluding hydrogens is 681 g/mol. The minimum Gasteiger partial charge on any atom is -0.486 e. The fraction of sp³-hybridized carbons (Fsp3) is 0.316. The minimum absolute atomic E-state index is 0.0175. The summed E-state index contributed by atoms with van der Waals surface area (Å²) in [7, 11) is -4.43. The van der Waals surface area contributed by atoms with Gasteiger partial charge in [0.05, 0.1) is 10.6 Å². The third-order valence-corrected chi connectivity index (χ3v) is 11.0. The van der Waals surface area contributed by atoms with Gasteiger partial charge in [-0.2, -0.15) is 0 Å². The fourth-order valence-corrected chi connectivity index (χ4v) is 8.02. The van der Waals surface area contributed by atoms with E-state index in [1.165, 1.54) is 35.2 Å². The average molecular weight is 720 g/mol. The zero-order chi connectivity index (χ0) is 35.1. The summed E-state index contributed by atoms with van der Waals surface area (Å²) in [5, 5.41) is 3.64. The van der Waals surface area contributed by atoms with Crippen LogP contribution in [-0.2, 0) is 32.6 Å². The number of fused-ring (bicyclic) bond motifs is 1. The van der Waals surface area contributed by atoms with E-state index >= 15 is 0 Å². The number of ether oxygens (including phenoxy) is 2. The second-order valence-electron chi connectivity index (χ2n) is 12.5. The highest BCUT2D eigenvalue weighted by atomic mass is 35.5. The molecule has 12 heteroatoms. The largest absolute Gasteiger partial charge is 0.486 e. The highest BCUT2D eigenvalue weighted by molar-refractivity contribution is 7.92. The van der Waals surface area contributed by atoms with Crippen LogP contribution in [0.25, 0.3) is 0 Å². The number of hydrogen-bond acceptors (Lipinski definition) is 6. The van der Waals surface area contributed by atoms with Gasteiger partial charge >= 0.3 is 0 Å². The van der Waals surface area contributed by atoms with Gasteiger partial charge in [0.25, 0.3) is 10.0 Å². The molecule has 0 saturated heterocycles. The number of halogens is 2. The molecule has 4 aromatic carbocycles. The molecule has 1 atom stereocenters. The molecule has 50 heavy (non-hydrogen) atoms. The van der Waals surface area contributed by atoms with Crippen LogP contribution in [0.15, 0.2) is 102 Å². The Labute approximate surface area is 297 Å². The lowest BCUT2D eigenvalue weighted by molar-refractivity contribution is -0.140. The van der Waals surface area contributed by atoms with Crippen molar-refractivity contribution in [2.75, 3.05) is 24.1 Å². The van der Waals surface area contributed by atoms with E-state index in [9.17, 15) is 22.4 Å². The lowest BCUT2D eigenvalue weighted by atomic mass is 9.94. The van der Waals surface area contributed by atoms with Crippen molar-refractivity contribution >= 4 is 39.1 Å². The highest BCUT2D eigenvalue weighted by Crippen LogP contribution is 2.34. The number of sulfonamides is 1. The molecule has 262 valence electrons. The Kier molecular flexibility index (Phi) is 11.2. The molecule has 1 saturated carbocycles. The second kappa shape index (κ2) is 15.9. The molecule has 2 amide bonds. The van der Waals surface area contributed by atoms with Gasteiger partial charge in [-0.25, -0.2) is 12.8 Å². The zero-order valence-electron chi connectivity index (χ0n) is 27.5. The minimum atomic E-state index is -4.43. The van der Waals surface area contributed by atoms with E-state index in [1.54, 1.807) is 24.3 Å². The van der Waals surface area contributed by atoms with Crippen LogP contribution < -0.4 is 19.1 Å². The molecule has 4 aromatic rings. The fourth-order valence-electron chi connectivity index (χ4n) is 6.38. The monoisotopic (exact) mass is 719 g/mol. The molecule has 1 heterocycles. The number of hydrogen-bond donors (Lipinski definition) is 1. The predicted molar refractivity (Wildman–Crippen MR) is 189 cm³/mol. The molecule has 6 rings (SSSR count). The lowest BCUT2D eigenvalue weighted by Crippen LogP contribution is -2.55. The molecule has 0 spiro atoms. The van der Waals surface area contributed by atoms with Gasteiger partial charge < -0.3 is 19.7 Å². The smallest absolute Gasteiger partial charge is 0.264 e. The average Bonchev–Trinajstić information content (AvgIpc) is 3.13. The number of nitrogens with zero attached hydrogens (tertiary/aromatic N) is 2. The van der Waals surface area contributed by atoms with Crippen LogP contribution in [0.5, 0.6) is 11.5 Å². The normalized spacial score (nSPS) is 15.2. The number of rotatable bonds is 12. The quantitative estimate of drug-likeness (QED) is 0.179. The summed E-state index contributed by atoms with van der Waals surface area (Å²) >= 11 is 6.34. The second-order valence-corrected chi connectivity index (χ2v) is 14.8. The summed E-state index contributed by atoms with van der Waals surface area (Å²) in [6.07, 6.45) is 5.00. The number of nitrogens with one attached hydrogen (secondary N) is 1. The predicted octanol–water partition coefficient (Wildman–Crippen LogP) is 6.53. The van der Waals surface area contributed by atoms with Crippen molar-refractivity contribution in [2.24, 2.45) is 0 Å². The topological polar surface area (TPSA) is 105 Å². The van der Waals surface area contributed by atoms with Crippen LogP contribution in [0.1, 0.15) is 43.2 Å². The number of carbonyl (C=O) groups is 2. The van der Waals surface area contributed by atoms with Crippen molar-refractivity contribution in [3.8, 4) is 11.5 Å². The molecule has 1 unspecified atom stereocenters. The summed E-state index contributed by atoms with van der Waals surface area (Å²) in [5.74, 6) is -0.858. The summed E-state index contributed by atoms with van der Waals surface area (Å²) in [4.78, 5) is 30.2. The van der Waals surface area contributed by atoms with Crippen molar-refractivity contribution in [3.63, 3.8) is 0 Å². The molecule has 1 N–H and O–H groups in total. The first-order valence-corrected chi connectivity index (χ1v) is 18.6. The first kappa shape index (κ1) is 35.2. The van der Waals surface area contributed by atoms with Gasteiger partial charge in [-0.05, 0) is 72.5 Å². The molecular formula is C38H39ClFN3O6S. The van der Waals surface area contributed by atoms with E-state index in [-0.39, 0.29) is 47.9 Å². The Balaban J connectivity index is 1.40. The summed E-state index contributed by atoms with van der Waals surface area (Å²) in [5.41, 5.74) is 1.57. The number of carbonyl (C=O) groups excluding carboxylic acids is 2. The third kappa shape index (κ3) is 8.57. The van der Waals surface area contributed by atoms with Crippen molar-refractivity contribution in [1.82, 2.24) is 10.2 Å². The van der Waals surface area contributed by atoms with Gasteiger partial charge in [0, 0.05) is 30.1 Å². The molecule has 9 nitrogen and oxygen atoms in total. The molecule has 1 aliphatic carbocycles. The number of amides is 2. The van der Waals surface area contributed by atoms with Crippen LogP contribution in [0.3, 0.4) is 0 Å². The maximum Gasteiger partial charge on any atom is 0.264 e. The third-order valence-electron chi connectivity index (χ3n) is 8.96.